The molecule has 0 radical (unpaired) electrons. The normalized spacial score (nSPS) is 24.2. The van der Waals surface area contributed by atoms with E-state index >= 15 is 0 Å². The van der Waals surface area contributed by atoms with E-state index in [4.69, 9.17) is 6.42 Å². The first-order valence-corrected chi connectivity index (χ1v) is 5.19. The standard InChI is InChI=1S/C11H20N2/c1-3-4-8-12-10-11-7-5-6-9-13(11)2/h1,11-12H,4-10H2,2H3. The molecule has 1 aliphatic heterocycles. The van der Waals surface area contributed by atoms with Gasteiger partial charge in [0, 0.05) is 25.6 Å². The van der Waals surface area contributed by atoms with Crippen LogP contribution in [0.15, 0.2) is 0 Å². The lowest BCUT2D eigenvalue weighted by molar-refractivity contribution is 0.182. The van der Waals surface area contributed by atoms with Gasteiger partial charge in [-0.3, -0.25) is 0 Å². The quantitative estimate of drug-likeness (QED) is 0.514. The van der Waals surface area contributed by atoms with Crippen LogP contribution in [0, 0.1) is 12.3 Å². The van der Waals surface area contributed by atoms with E-state index in [0.29, 0.717) is 0 Å². The van der Waals surface area contributed by atoms with Crippen molar-refractivity contribution in [2.75, 3.05) is 26.7 Å². The first-order chi connectivity index (χ1) is 6.34. The number of terminal acetylenes is 1. The van der Waals surface area contributed by atoms with Gasteiger partial charge in [0.1, 0.15) is 0 Å². The fraction of sp³-hybridized carbons (Fsp3) is 0.818. The Morgan fingerprint density at radius 1 is 1.54 bits per heavy atom. The summed E-state index contributed by atoms with van der Waals surface area (Å²) >= 11 is 0. The fourth-order valence-electron chi connectivity index (χ4n) is 1.83. The molecule has 1 atom stereocenters. The lowest BCUT2D eigenvalue weighted by Gasteiger charge is -2.32. The molecule has 0 saturated carbocycles. The summed E-state index contributed by atoms with van der Waals surface area (Å²) in [6.07, 6.45) is 10.1. The van der Waals surface area contributed by atoms with E-state index in [-0.39, 0.29) is 0 Å². The minimum atomic E-state index is 0.728. The van der Waals surface area contributed by atoms with E-state index in [1.165, 1.54) is 25.8 Å². The highest BCUT2D eigenvalue weighted by Gasteiger charge is 2.17. The summed E-state index contributed by atoms with van der Waals surface area (Å²) in [6, 6.07) is 0.728. The molecule has 1 heterocycles. The van der Waals surface area contributed by atoms with Crippen LogP contribution in [-0.4, -0.2) is 37.6 Å². The van der Waals surface area contributed by atoms with Gasteiger partial charge in [0.25, 0.3) is 0 Å². The molecule has 2 heteroatoms. The maximum absolute atomic E-state index is 5.17. The molecule has 0 aromatic carbocycles. The van der Waals surface area contributed by atoms with Gasteiger partial charge in [-0.15, -0.1) is 12.3 Å². The number of likely N-dealkylation sites (N-methyl/N-ethyl adjacent to an activating group) is 1. The van der Waals surface area contributed by atoms with Crippen molar-refractivity contribution in [3.8, 4) is 12.3 Å². The average Bonchev–Trinajstić information content (AvgIpc) is 2.15. The Balaban J connectivity index is 2.09. The second kappa shape index (κ2) is 6.01. The zero-order valence-electron chi connectivity index (χ0n) is 8.55. The minimum absolute atomic E-state index is 0.728. The first kappa shape index (κ1) is 10.6. The van der Waals surface area contributed by atoms with Gasteiger partial charge in [0.15, 0.2) is 0 Å². The summed E-state index contributed by atoms with van der Waals surface area (Å²) in [7, 11) is 2.21. The van der Waals surface area contributed by atoms with Crippen molar-refractivity contribution < 1.29 is 0 Å². The van der Waals surface area contributed by atoms with E-state index in [9.17, 15) is 0 Å². The van der Waals surface area contributed by atoms with E-state index in [2.05, 4.69) is 23.2 Å². The molecular weight excluding hydrogens is 160 g/mol. The molecule has 13 heavy (non-hydrogen) atoms. The van der Waals surface area contributed by atoms with E-state index < -0.39 is 0 Å². The molecule has 74 valence electrons. The monoisotopic (exact) mass is 180 g/mol. The number of piperidine rings is 1. The smallest absolute Gasteiger partial charge is 0.0217 e. The molecule has 0 bridgehead atoms. The third-order valence-corrected chi connectivity index (χ3v) is 2.75. The molecule has 1 fully saturated rings. The molecule has 0 aliphatic carbocycles. The van der Waals surface area contributed by atoms with E-state index in [1.54, 1.807) is 0 Å². The predicted molar refractivity (Wildman–Crippen MR) is 56.6 cm³/mol. The third kappa shape index (κ3) is 3.80. The number of likely N-dealkylation sites (tertiary alicyclic amines) is 1. The van der Waals surface area contributed by atoms with Crippen LogP contribution in [0.1, 0.15) is 25.7 Å². The highest BCUT2D eigenvalue weighted by atomic mass is 15.2. The highest BCUT2D eigenvalue weighted by Crippen LogP contribution is 2.13. The number of hydrogen-bond donors (Lipinski definition) is 1. The van der Waals surface area contributed by atoms with Crippen molar-refractivity contribution in [3.05, 3.63) is 0 Å². The number of nitrogens with one attached hydrogen (secondary N) is 1. The molecule has 0 amide bonds. The molecule has 0 spiro atoms. The van der Waals surface area contributed by atoms with Gasteiger partial charge in [-0.05, 0) is 26.4 Å². The average molecular weight is 180 g/mol. The van der Waals surface area contributed by atoms with Crippen LogP contribution in [-0.2, 0) is 0 Å². The Morgan fingerprint density at radius 3 is 3.08 bits per heavy atom. The highest BCUT2D eigenvalue weighted by molar-refractivity contribution is 4.84. The maximum Gasteiger partial charge on any atom is 0.0217 e. The second-order valence-electron chi connectivity index (χ2n) is 3.79. The van der Waals surface area contributed by atoms with Crippen molar-refractivity contribution in [1.82, 2.24) is 10.2 Å². The van der Waals surface area contributed by atoms with E-state index in [0.717, 1.165) is 25.6 Å². The largest absolute Gasteiger partial charge is 0.314 e. The van der Waals surface area contributed by atoms with Gasteiger partial charge in [0.05, 0.1) is 0 Å². The van der Waals surface area contributed by atoms with Gasteiger partial charge in [-0.1, -0.05) is 6.42 Å². The Morgan fingerprint density at radius 2 is 2.38 bits per heavy atom. The third-order valence-electron chi connectivity index (χ3n) is 2.75. The molecule has 2 nitrogen and oxygen atoms in total. The summed E-state index contributed by atoms with van der Waals surface area (Å²) in [5.41, 5.74) is 0. The zero-order chi connectivity index (χ0) is 9.52. The minimum Gasteiger partial charge on any atom is -0.314 e. The Labute approximate surface area is 81.7 Å². The SMILES string of the molecule is C#CCCNCC1CCCCN1C. The van der Waals surface area contributed by atoms with E-state index in [1.807, 2.05) is 0 Å². The molecule has 1 saturated heterocycles. The molecule has 1 N–H and O–H groups in total. The second-order valence-corrected chi connectivity index (χ2v) is 3.79. The van der Waals surface area contributed by atoms with Crippen LogP contribution in [0.5, 0.6) is 0 Å². The number of nitrogens with zero attached hydrogens (tertiary/aromatic N) is 1. The topological polar surface area (TPSA) is 15.3 Å². The summed E-state index contributed by atoms with van der Waals surface area (Å²) in [5.74, 6) is 2.64. The Hall–Kier alpha value is -0.520. The molecule has 1 aliphatic rings. The Bertz CT molecular complexity index is 171. The van der Waals surface area contributed by atoms with Gasteiger partial charge < -0.3 is 10.2 Å². The number of rotatable bonds is 4. The van der Waals surface area contributed by atoms with Crippen molar-refractivity contribution in [1.29, 1.82) is 0 Å². The van der Waals surface area contributed by atoms with Crippen molar-refractivity contribution in [2.24, 2.45) is 0 Å². The van der Waals surface area contributed by atoms with Crippen molar-refractivity contribution >= 4 is 0 Å². The molecule has 1 rings (SSSR count). The van der Waals surface area contributed by atoms with Crippen LogP contribution in [0.4, 0.5) is 0 Å². The van der Waals surface area contributed by atoms with Gasteiger partial charge in [0.2, 0.25) is 0 Å². The van der Waals surface area contributed by atoms with Crippen LogP contribution < -0.4 is 5.32 Å². The summed E-state index contributed by atoms with van der Waals surface area (Å²) in [5, 5.41) is 3.40. The first-order valence-electron chi connectivity index (χ1n) is 5.19. The molecule has 0 aromatic rings. The van der Waals surface area contributed by atoms with Crippen LogP contribution in [0.2, 0.25) is 0 Å². The summed E-state index contributed by atoms with van der Waals surface area (Å²) < 4.78 is 0. The van der Waals surface area contributed by atoms with Crippen LogP contribution >= 0.6 is 0 Å². The van der Waals surface area contributed by atoms with Gasteiger partial charge >= 0.3 is 0 Å². The fourth-order valence-corrected chi connectivity index (χ4v) is 1.83. The van der Waals surface area contributed by atoms with Crippen LogP contribution in [0.3, 0.4) is 0 Å². The van der Waals surface area contributed by atoms with Crippen molar-refractivity contribution in [3.63, 3.8) is 0 Å². The molecular formula is C11H20N2. The number of hydrogen-bond acceptors (Lipinski definition) is 2. The lowest BCUT2D eigenvalue weighted by Crippen LogP contribution is -2.43. The van der Waals surface area contributed by atoms with Gasteiger partial charge in [-0.25, -0.2) is 0 Å². The van der Waals surface area contributed by atoms with Crippen molar-refractivity contribution in [2.45, 2.75) is 31.7 Å². The zero-order valence-corrected chi connectivity index (χ0v) is 8.55. The summed E-state index contributed by atoms with van der Waals surface area (Å²) in [6.45, 7) is 3.31. The maximum atomic E-state index is 5.17. The Kier molecular flexibility index (Phi) is 4.88. The summed E-state index contributed by atoms with van der Waals surface area (Å²) in [4.78, 5) is 2.45. The molecule has 1 unspecified atom stereocenters. The molecule has 0 aromatic heterocycles. The predicted octanol–water partition coefficient (Wildman–Crippen LogP) is 1.08. The van der Waals surface area contributed by atoms with Gasteiger partial charge in [-0.2, -0.15) is 0 Å². The lowest BCUT2D eigenvalue weighted by atomic mass is 10.0. The van der Waals surface area contributed by atoms with Crippen LogP contribution in [0.25, 0.3) is 0 Å².